The van der Waals surface area contributed by atoms with E-state index in [9.17, 15) is 0 Å². The van der Waals surface area contributed by atoms with Crippen LogP contribution < -0.4 is 5.32 Å². The summed E-state index contributed by atoms with van der Waals surface area (Å²) in [6.07, 6.45) is 6.71. The van der Waals surface area contributed by atoms with Crippen LogP contribution in [0.15, 0.2) is 6.07 Å². The van der Waals surface area contributed by atoms with E-state index in [1.165, 1.54) is 37.1 Å². The topological polar surface area (TPSA) is 12.0 Å². The molecule has 0 amide bonds. The van der Waals surface area contributed by atoms with E-state index in [-0.39, 0.29) is 0 Å². The summed E-state index contributed by atoms with van der Waals surface area (Å²) in [5, 5.41) is 4.89. The van der Waals surface area contributed by atoms with Crippen LogP contribution in [0.3, 0.4) is 0 Å². The molecular weight excluding hydrogens is 230 g/mol. The van der Waals surface area contributed by atoms with Crippen LogP contribution in [0.2, 0.25) is 0 Å². The van der Waals surface area contributed by atoms with Gasteiger partial charge in [0, 0.05) is 11.6 Å². The van der Waals surface area contributed by atoms with Crippen LogP contribution in [0, 0.1) is 3.82 Å². The Balaban J connectivity index is 2.05. The van der Waals surface area contributed by atoms with Gasteiger partial charge >= 0.3 is 0 Å². The van der Waals surface area contributed by atoms with Gasteiger partial charge in [-0.15, -0.1) is 0 Å². The lowest BCUT2D eigenvalue weighted by molar-refractivity contribution is 0.350. The molecule has 2 rings (SSSR count). The molecule has 4 heteroatoms. The molecule has 0 atom stereocenters. The molecule has 0 unspecified atom stereocenters. The fraction of sp³-hybridized carbons (Fsp3) is 0.700. The van der Waals surface area contributed by atoms with E-state index < -0.39 is 0 Å². The average Bonchev–Trinajstić information content (AvgIpc) is 2.51. The minimum Gasteiger partial charge on any atom is -0.371 e. The summed E-state index contributed by atoms with van der Waals surface area (Å²) in [6.45, 7) is 2.33. The molecule has 0 spiro atoms. The average molecular weight is 245 g/mol. The predicted octanol–water partition coefficient (Wildman–Crippen LogP) is 4.67. The second-order valence-electron chi connectivity index (χ2n) is 4.24. The zero-order valence-electron chi connectivity index (χ0n) is 8.34. The van der Waals surface area contributed by atoms with E-state index in [1.807, 2.05) is 0 Å². The summed E-state index contributed by atoms with van der Waals surface area (Å²) in [7, 11) is 3.45. The summed E-state index contributed by atoms with van der Waals surface area (Å²) >= 11 is 5.13. The minimum absolute atomic E-state index is 0.317. The third-order valence-corrected chi connectivity index (χ3v) is 5.62. The van der Waals surface area contributed by atoms with Gasteiger partial charge in [-0.25, -0.2) is 0 Å². The van der Waals surface area contributed by atoms with Crippen LogP contribution in [0.4, 0.5) is 5.00 Å². The molecular formula is C10H15NS3. The molecule has 1 aromatic heterocycles. The highest BCUT2D eigenvalue weighted by molar-refractivity contribution is 7.80. The van der Waals surface area contributed by atoms with Gasteiger partial charge in [0.25, 0.3) is 0 Å². The molecule has 1 saturated carbocycles. The van der Waals surface area contributed by atoms with Crippen molar-refractivity contribution in [2.24, 2.45) is 0 Å². The number of rotatable bonds is 2. The normalized spacial score (nSPS) is 20.6. The van der Waals surface area contributed by atoms with Gasteiger partial charge in [-0.05, 0) is 19.8 Å². The van der Waals surface area contributed by atoms with Crippen molar-refractivity contribution >= 4 is 37.9 Å². The summed E-state index contributed by atoms with van der Waals surface area (Å²) in [5.74, 6) is 0. The van der Waals surface area contributed by atoms with E-state index >= 15 is 0 Å². The SMILES string of the molecule is CC1(Nc2cc(=S)ss2)CCCCC1. The summed E-state index contributed by atoms with van der Waals surface area (Å²) in [5.41, 5.74) is 0.317. The quantitative estimate of drug-likeness (QED) is 0.600. The van der Waals surface area contributed by atoms with Crippen LogP contribution >= 0.6 is 32.9 Å². The predicted molar refractivity (Wildman–Crippen MR) is 68.1 cm³/mol. The number of anilines is 1. The van der Waals surface area contributed by atoms with Gasteiger partial charge < -0.3 is 5.32 Å². The number of nitrogens with one attached hydrogen (secondary N) is 1. The zero-order valence-corrected chi connectivity index (χ0v) is 10.8. The third-order valence-electron chi connectivity index (χ3n) is 2.84. The standard InChI is InChI=1S/C10H15NS3/c1-10(5-3-2-4-6-10)11-8-7-9(12)14-13-8/h7,11H,2-6H2,1H3. The Morgan fingerprint density at radius 1 is 1.29 bits per heavy atom. The monoisotopic (exact) mass is 245 g/mol. The van der Waals surface area contributed by atoms with Crippen molar-refractivity contribution in [1.82, 2.24) is 0 Å². The van der Waals surface area contributed by atoms with Gasteiger partial charge in [-0.1, -0.05) is 52.2 Å². The van der Waals surface area contributed by atoms with Gasteiger partial charge in [-0.2, -0.15) is 0 Å². The molecule has 0 radical (unpaired) electrons. The van der Waals surface area contributed by atoms with Crippen molar-refractivity contribution in [3.8, 4) is 0 Å². The Morgan fingerprint density at radius 3 is 2.57 bits per heavy atom. The van der Waals surface area contributed by atoms with E-state index in [2.05, 4.69) is 18.3 Å². The molecule has 0 saturated heterocycles. The molecule has 1 fully saturated rings. The van der Waals surface area contributed by atoms with Crippen LogP contribution in [0.25, 0.3) is 0 Å². The molecule has 0 aliphatic heterocycles. The zero-order chi connectivity index (χ0) is 10.0. The Labute approximate surface area is 97.6 Å². The minimum atomic E-state index is 0.317. The molecule has 1 aromatic rings. The fourth-order valence-corrected chi connectivity index (χ4v) is 4.35. The first-order valence-corrected chi connectivity index (χ1v) is 7.62. The van der Waals surface area contributed by atoms with Crippen molar-refractivity contribution in [3.63, 3.8) is 0 Å². The largest absolute Gasteiger partial charge is 0.371 e. The molecule has 1 N–H and O–H groups in total. The molecule has 14 heavy (non-hydrogen) atoms. The Kier molecular flexibility index (Phi) is 3.24. The van der Waals surface area contributed by atoms with Crippen LogP contribution in [-0.2, 0) is 0 Å². The van der Waals surface area contributed by atoms with Crippen molar-refractivity contribution in [3.05, 3.63) is 9.89 Å². The van der Waals surface area contributed by atoms with E-state index in [4.69, 9.17) is 12.2 Å². The van der Waals surface area contributed by atoms with Gasteiger partial charge in [0.2, 0.25) is 0 Å². The maximum atomic E-state index is 5.13. The van der Waals surface area contributed by atoms with Crippen LogP contribution in [0.5, 0.6) is 0 Å². The highest BCUT2D eigenvalue weighted by atomic mass is 32.9. The smallest absolute Gasteiger partial charge is 0.104 e. The molecule has 0 aromatic carbocycles. The first kappa shape index (κ1) is 10.6. The highest BCUT2D eigenvalue weighted by Crippen LogP contribution is 2.34. The maximum absolute atomic E-state index is 5.13. The summed E-state index contributed by atoms with van der Waals surface area (Å²) < 4.78 is 0.997. The lowest BCUT2D eigenvalue weighted by Crippen LogP contribution is -2.36. The summed E-state index contributed by atoms with van der Waals surface area (Å²) in [4.78, 5) is 0. The van der Waals surface area contributed by atoms with Crippen LogP contribution in [-0.4, -0.2) is 5.54 Å². The molecule has 1 aliphatic carbocycles. The molecule has 1 heterocycles. The molecule has 1 nitrogen and oxygen atoms in total. The van der Waals surface area contributed by atoms with Gasteiger partial charge in [0.15, 0.2) is 0 Å². The maximum Gasteiger partial charge on any atom is 0.104 e. The van der Waals surface area contributed by atoms with E-state index in [0.29, 0.717) is 5.54 Å². The van der Waals surface area contributed by atoms with Gasteiger partial charge in [0.05, 0.1) is 0 Å². The van der Waals surface area contributed by atoms with Crippen molar-refractivity contribution in [2.75, 3.05) is 5.32 Å². The van der Waals surface area contributed by atoms with Gasteiger partial charge in [0.1, 0.15) is 8.82 Å². The summed E-state index contributed by atoms with van der Waals surface area (Å²) in [6, 6.07) is 2.09. The lowest BCUT2D eigenvalue weighted by atomic mass is 9.83. The number of hydrogen-bond donors (Lipinski definition) is 1. The Morgan fingerprint density at radius 2 is 2.00 bits per heavy atom. The van der Waals surface area contributed by atoms with Gasteiger partial charge in [-0.3, -0.25) is 0 Å². The Hall–Kier alpha value is 0.0700. The van der Waals surface area contributed by atoms with E-state index in [1.54, 1.807) is 20.7 Å². The molecule has 0 bridgehead atoms. The highest BCUT2D eigenvalue weighted by Gasteiger charge is 2.26. The Bertz CT molecular complexity index is 346. The van der Waals surface area contributed by atoms with E-state index in [0.717, 1.165) is 3.82 Å². The van der Waals surface area contributed by atoms with Crippen molar-refractivity contribution < 1.29 is 0 Å². The molecule has 1 aliphatic rings. The van der Waals surface area contributed by atoms with Crippen molar-refractivity contribution in [1.29, 1.82) is 0 Å². The van der Waals surface area contributed by atoms with Crippen molar-refractivity contribution in [2.45, 2.75) is 44.6 Å². The fourth-order valence-electron chi connectivity index (χ4n) is 2.05. The second kappa shape index (κ2) is 4.29. The first-order chi connectivity index (χ1) is 6.68. The van der Waals surface area contributed by atoms with Crippen LogP contribution in [0.1, 0.15) is 39.0 Å². The number of hydrogen-bond acceptors (Lipinski definition) is 4. The first-order valence-electron chi connectivity index (χ1n) is 5.06. The molecule has 78 valence electrons. The third kappa shape index (κ3) is 2.55. The second-order valence-corrected chi connectivity index (χ2v) is 7.15. The lowest BCUT2D eigenvalue weighted by Gasteiger charge is -2.34.